The molecule has 1 atom stereocenters. The summed E-state index contributed by atoms with van der Waals surface area (Å²) in [5.74, 6) is 0. The summed E-state index contributed by atoms with van der Waals surface area (Å²) in [4.78, 5) is 0.243. The van der Waals surface area contributed by atoms with Crippen LogP contribution in [0.25, 0.3) is 0 Å². The highest BCUT2D eigenvalue weighted by molar-refractivity contribution is 7.89. The Morgan fingerprint density at radius 2 is 2.44 bits per heavy atom. The number of sulfonamides is 1. The topological polar surface area (TPSA) is 87.3 Å². The van der Waals surface area contributed by atoms with Crippen molar-refractivity contribution >= 4 is 10.0 Å². The Balaban J connectivity index is 2.18. The molecule has 18 heavy (non-hydrogen) atoms. The maximum Gasteiger partial charge on any atom is 0.246 e. The van der Waals surface area contributed by atoms with E-state index in [0.717, 1.165) is 0 Å². The molecule has 0 aromatic carbocycles. The summed E-state index contributed by atoms with van der Waals surface area (Å²) in [6.07, 6.45) is 1.25. The van der Waals surface area contributed by atoms with Crippen LogP contribution in [-0.4, -0.2) is 62.3 Å². The van der Waals surface area contributed by atoms with Crippen LogP contribution in [0.3, 0.4) is 0 Å². The highest BCUT2D eigenvalue weighted by atomic mass is 32.2. The van der Waals surface area contributed by atoms with Gasteiger partial charge in [-0.05, 0) is 14.0 Å². The van der Waals surface area contributed by atoms with Crippen LogP contribution < -0.4 is 5.32 Å². The van der Waals surface area contributed by atoms with E-state index < -0.39 is 10.0 Å². The first-order valence-corrected chi connectivity index (χ1v) is 7.26. The van der Waals surface area contributed by atoms with E-state index in [1.807, 2.05) is 7.05 Å². The zero-order chi connectivity index (χ0) is 13.2. The standard InChI is InChI=1S/C10H18N4O3S/c1-8-10(6-12-13-8)18(15,16)14-3-4-17-9(7-14)5-11-2/h6,9,11H,3-5,7H2,1-2H3,(H,12,13). The van der Waals surface area contributed by atoms with Crippen molar-refractivity contribution in [2.45, 2.75) is 17.9 Å². The Morgan fingerprint density at radius 1 is 1.67 bits per heavy atom. The molecule has 8 heteroatoms. The molecule has 0 spiro atoms. The summed E-state index contributed by atoms with van der Waals surface area (Å²) in [7, 11) is -1.65. The highest BCUT2D eigenvalue weighted by Crippen LogP contribution is 2.20. The average Bonchev–Trinajstić information content (AvgIpc) is 2.77. The zero-order valence-electron chi connectivity index (χ0n) is 10.5. The molecular weight excluding hydrogens is 256 g/mol. The maximum atomic E-state index is 12.4. The van der Waals surface area contributed by atoms with E-state index in [9.17, 15) is 8.42 Å². The van der Waals surface area contributed by atoms with Crippen molar-refractivity contribution in [2.24, 2.45) is 0 Å². The Hall–Kier alpha value is -0.960. The third kappa shape index (κ3) is 2.56. The molecule has 7 nitrogen and oxygen atoms in total. The molecule has 0 bridgehead atoms. The fraction of sp³-hybridized carbons (Fsp3) is 0.700. The van der Waals surface area contributed by atoms with E-state index in [4.69, 9.17) is 4.74 Å². The molecule has 1 saturated heterocycles. The fourth-order valence-electron chi connectivity index (χ4n) is 2.00. The Kier molecular flexibility index (Phi) is 4.00. The first-order valence-electron chi connectivity index (χ1n) is 5.82. The van der Waals surface area contributed by atoms with E-state index in [-0.39, 0.29) is 11.0 Å². The third-order valence-electron chi connectivity index (χ3n) is 2.93. The number of morpholine rings is 1. The Morgan fingerprint density at radius 3 is 3.06 bits per heavy atom. The van der Waals surface area contributed by atoms with Crippen molar-refractivity contribution in [1.29, 1.82) is 0 Å². The van der Waals surface area contributed by atoms with Crippen LogP contribution in [0.5, 0.6) is 0 Å². The monoisotopic (exact) mass is 274 g/mol. The third-order valence-corrected chi connectivity index (χ3v) is 4.91. The smallest absolute Gasteiger partial charge is 0.246 e. The van der Waals surface area contributed by atoms with Crippen LogP contribution in [0.2, 0.25) is 0 Å². The van der Waals surface area contributed by atoms with Crippen molar-refractivity contribution in [3.63, 3.8) is 0 Å². The summed E-state index contributed by atoms with van der Waals surface area (Å²) in [5.41, 5.74) is 0.562. The minimum absolute atomic E-state index is 0.106. The van der Waals surface area contributed by atoms with Gasteiger partial charge in [-0.15, -0.1) is 0 Å². The second-order valence-electron chi connectivity index (χ2n) is 4.27. The van der Waals surface area contributed by atoms with Gasteiger partial charge in [-0.1, -0.05) is 0 Å². The predicted molar refractivity (Wildman–Crippen MR) is 65.8 cm³/mol. The molecule has 2 rings (SSSR count). The lowest BCUT2D eigenvalue weighted by Crippen LogP contribution is -2.48. The number of H-pyrrole nitrogens is 1. The van der Waals surface area contributed by atoms with Crippen molar-refractivity contribution in [3.8, 4) is 0 Å². The maximum absolute atomic E-state index is 12.4. The first-order chi connectivity index (χ1) is 8.55. The van der Waals surface area contributed by atoms with Gasteiger partial charge in [-0.3, -0.25) is 5.10 Å². The van der Waals surface area contributed by atoms with E-state index in [2.05, 4.69) is 15.5 Å². The number of nitrogens with zero attached hydrogens (tertiary/aromatic N) is 2. The van der Waals surface area contributed by atoms with Gasteiger partial charge in [-0.25, -0.2) is 8.42 Å². The number of likely N-dealkylation sites (N-methyl/N-ethyl adjacent to an activating group) is 1. The first kappa shape index (κ1) is 13.5. The average molecular weight is 274 g/mol. The lowest BCUT2D eigenvalue weighted by Gasteiger charge is -2.31. The second-order valence-corrected chi connectivity index (χ2v) is 6.18. The molecule has 0 amide bonds. The number of nitrogens with one attached hydrogen (secondary N) is 2. The minimum Gasteiger partial charge on any atom is -0.374 e. The van der Waals surface area contributed by atoms with E-state index in [0.29, 0.717) is 31.9 Å². The molecule has 1 aliphatic rings. The number of ether oxygens (including phenoxy) is 1. The molecule has 2 N–H and O–H groups in total. The number of aryl methyl sites for hydroxylation is 1. The van der Waals surface area contributed by atoms with E-state index in [1.54, 1.807) is 6.92 Å². The van der Waals surface area contributed by atoms with Gasteiger partial charge in [0.05, 0.1) is 24.6 Å². The SMILES string of the molecule is CNCC1CN(S(=O)(=O)c2cn[nH]c2C)CCO1. The molecule has 1 aromatic rings. The van der Waals surface area contributed by atoms with Gasteiger partial charge >= 0.3 is 0 Å². The number of aromatic nitrogens is 2. The molecular formula is C10H18N4O3S. The molecule has 1 aliphatic heterocycles. The van der Waals surface area contributed by atoms with Gasteiger partial charge < -0.3 is 10.1 Å². The number of rotatable bonds is 4. The van der Waals surface area contributed by atoms with Gasteiger partial charge in [0.2, 0.25) is 10.0 Å². The summed E-state index contributed by atoms with van der Waals surface area (Å²) >= 11 is 0. The summed E-state index contributed by atoms with van der Waals surface area (Å²) in [5, 5.41) is 9.41. The second kappa shape index (κ2) is 5.35. The van der Waals surface area contributed by atoms with Gasteiger partial charge in [0, 0.05) is 19.6 Å². The molecule has 1 unspecified atom stereocenters. The van der Waals surface area contributed by atoms with E-state index >= 15 is 0 Å². The number of aromatic amines is 1. The summed E-state index contributed by atoms with van der Waals surface area (Å²) < 4.78 is 31.8. The van der Waals surface area contributed by atoms with E-state index in [1.165, 1.54) is 10.5 Å². The fourth-order valence-corrected chi connectivity index (χ4v) is 3.57. The van der Waals surface area contributed by atoms with Crippen LogP contribution in [0.4, 0.5) is 0 Å². The lowest BCUT2D eigenvalue weighted by atomic mass is 10.3. The molecule has 0 radical (unpaired) electrons. The number of hydrogen-bond acceptors (Lipinski definition) is 5. The van der Waals surface area contributed by atoms with Gasteiger partial charge in [0.15, 0.2) is 0 Å². The molecule has 1 fully saturated rings. The zero-order valence-corrected chi connectivity index (χ0v) is 11.3. The van der Waals surface area contributed by atoms with Crippen LogP contribution in [0.15, 0.2) is 11.1 Å². The number of hydrogen-bond donors (Lipinski definition) is 2. The Bertz CT molecular complexity index is 497. The quantitative estimate of drug-likeness (QED) is 0.760. The lowest BCUT2D eigenvalue weighted by molar-refractivity contribution is 0.000814. The normalized spacial score (nSPS) is 22.2. The Labute approximate surface area is 107 Å². The van der Waals surface area contributed by atoms with Crippen molar-refractivity contribution in [2.75, 3.05) is 33.3 Å². The largest absolute Gasteiger partial charge is 0.374 e. The van der Waals surface area contributed by atoms with Crippen molar-refractivity contribution in [1.82, 2.24) is 19.8 Å². The van der Waals surface area contributed by atoms with Gasteiger partial charge in [-0.2, -0.15) is 9.40 Å². The predicted octanol–water partition coefficient (Wildman–Crippen LogP) is -0.673. The van der Waals surface area contributed by atoms with Crippen LogP contribution in [0, 0.1) is 6.92 Å². The molecule has 2 heterocycles. The summed E-state index contributed by atoms with van der Waals surface area (Å²) in [6.45, 7) is 3.51. The van der Waals surface area contributed by atoms with Crippen LogP contribution >= 0.6 is 0 Å². The molecule has 0 aliphatic carbocycles. The van der Waals surface area contributed by atoms with Crippen molar-refractivity contribution < 1.29 is 13.2 Å². The van der Waals surface area contributed by atoms with Gasteiger partial charge in [0.25, 0.3) is 0 Å². The minimum atomic E-state index is -3.47. The highest BCUT2D eigenvalue weighted by Gasteiger charge is 2.32. The van der Waals surface area contributed by atoms with Crippen LogP contribution in [-0.2, 0) is 14.8 Å². The molecule has 1 aromatic heterocycles. The summed E-state index contributed by atoms with van der Waals surface area (Å²) in [6, 6.07) is 0. The molecule has 0 saturated carbocycles. The van der Waals surface area contributed by atoms with Gasteiger partial charge in [0.1, 0.15) is 4.90 Å². The molecule has 102 valence electrons. The van der Waals surface area contributed by atoms with Crippen LogP contribution in [0.1, 0.15) is 5.69 Å². The van der Waals surface area contributed by atoms with Crippen molar-refractivity contribution in [3.05, 3.63) is 11.9 Å².